The molecule has 0 aromatic heterocycles. The second kappa shape index (κ2) is 6.05. The fourth-order valence-corrected chi connectivity index (χ4v) is 2.52. The SMILES string of the molecule is CC(C)[C@@H]1C(=O)NCCN1C(=O)c1ccc(CN)cc1. The molecule has 2 rings (SSSR count). The lowest BCUT2D eigenvalue weighted by Gasteiger charge is -2.37. The van der Waals surface area contributed by atoms with Crippen molar-refractivity contribution in [3.8, 4) is 0 Å². The number of benzene rings is 1. The van der Waals surface area contributed by atoms with Crippen molar-refractivity contribution in [2.45, 2.75) is 26.4 Å². The molecule has 5 nitrogen and oxygen atoms in total. The quantitative estimate of drug-likeness (QED) is 0.854. The topological polar surface area (TPSA) is 75.4 Å². The molecule has 1 aromatic rings. The maximum Gasteiger partial charge on any atom is 0.254 e. The minimum absolute atomic E-state index is 0.0711. The first-order chi connectivity index (χ1) is 9.54. The zero-order chi connectivity index (χ0) is 14.7. The van der Waals surface area contributed by atoms with Crippen LogP contribution in [0.15, 0.2) is 24.3 Å². The van der Waals surface area contributed by atoms with Crippen LogP contribution in [-0.4, -0.2) is 35.8 Å². The van der Waals surface area contributed by atoms with Gasteiger partial charge in [-0.2, -0.15) is 0 Å². The molecule has 0 saturated carbocycles. The van der Waals surface area contributed by atoms with E-state index in [0.717, 1.165) is 5.56 Å². The van der Waals surface area contributed by atoms with Gasteiger partial charge in [-0.05, 0) is 23.6 Å². The lowest BCUT2D eigenvalue weighted by atomic mass is 9.98. The highest BCUT2D eigenvalue weighted by Crippen LogP contribution is 2.17. The van der Waals surface area contributed by atoms with Gasteiger partial charge in [0, 0.05) is 25.2 Å². The van der Waals surface area contributed by atoms with E-state index in [-0.39, 0.29) is 17.7 Å². The van der Waals surface area contributed by atoms with Gasteiger partial charge in [-0.1, -0.05) is 26.0 Å². The molecule has 1 aliphatic heterocycles. The summed E-state index contributed by atoms with van der Waals surface area (Å²) in [6.07, 6.45) is 0. The molecule has 0 spiro atoms. The number of carbonyl (C=O) groups excluding carboxylic acids is 2. The lowest BCUT2D eigenvalue weighted by molar-refractivity contribution is -0.129. The van der Waals surface area contributed by atoms with Crippen LogP contribution in [0.2, 0.25) is 0 Å². The first kappa shape index (κ1) is 14.5. The summed E-state index contributed by atoms with van der Waals surface area (Å²) >= 11 is 0. The molecule has 1 saturated heterocycles. The predicted octanol–water partition coefficient (Wildman–Crippen LogP) is 0.742. The van der Waals surface area contributed by atoms with Crippen LogP contribution in [0.3, 0.4) is 0 Å². The molecule has 108 valence electrons. The molecule has 1 atom stereocenters. The summed E-state index contributed by atoms with van der Waals surface area (Å²) in [5.74, 6) is -0.0807. The predicted molar refractivity (Wildman–Crippen MR) is 77.0 cm³/mol. The van der Waals surface area contributed by atoms with Crippen molar-refractivity contribution in [2.75, 3.05) is 13.1 Å². The molecule has 0 unspecified atom stereocenters. The number of amides is 2. The van der Waals surface area contributed by atoms with Gasteiger partial charge in [-0.15, -0.1) is 0 Å². The van der Waals surface area contributed by atoms with Gasteiger partial charge in [0.1, 0.15) is 6.04 Å². The van der Waals surface area contributed by atoms with E-state index in [1.165, 1.54) is 0 Å². The fraction of sp³-hybridized carbons (Fsp3) is 0.467. The molecule has 0 bridgehead atoms. The Labute approximate surface area is 119 Å². The normalized spacial score (nSPS) is 19.1. The van der Waals surface area contributed by atoms with Crippen LogP contribution in [0.1, 0.15) is 29.8 Å². The van der Waals surface area contributed by atoms with Crippen molar-refractivity contribution < 1.29 is 9.59 Å². The third-order valence-corrected chi connectivity index (χ3v) is 3.59. The monoisotopic (exact) mass is 275 g/mol. The molecule has 0 radical (unpaired) electrons. The molecule has 2 amide bonds. The first-order valence-corrected chi connectivity index (χ1v) is 6.92. The van der Waals surface area contributed by atoms with Gasteiger partial charge in [-0.25, -0.2) is 0 Å². The van der Waals surface area contributed by atoms with Crippen molar-refractivity contribution in [3.05, 3.63) is 35.4 Å². The van der Waals surface area contributed by atoms with Gasteiger partial charge in [0.25, 0.3) is 5.91 Å². The molecule has 1 heterocycles. The molecule has 20 heavy (non-hydrogen) atoms. The van der Waals surface area contributed by atoms with Crippen LogP contribution in [0.25, 0.3) is 0 Å². The van der Waals surface area contributed by atoms with Crippen molar-refractivity contribution in [1.82, 2.24) is 10.2 Å². The maximum absolute atomic E-state index is 12.6. The molecular weight excluding hydrogens is 254 g/mol. The van der Waals surface area contributed by atoms with E-state index < -0.39 is 6.04 Å². The van der Waals surface area contributed by atoms with Crippen LogP contribution in [0.4, 0.5) is 0 Å². The van der Waals surface area contributed by atoms with Crippen LogP contribution in [-0.2, 0) is 11.3 Å². The minimum Gasteiger partial charge on any atom is -0.353 e. The third kappa shape index (κ3) is 2.82. The fourth-order valence-electron chi connectivity index (χ4n) is 2.52. The summed E-state index contributed by atoms with van der Waals surface area (Å²) in [5.41, 5.74) is 7.13. The molecule has 3 N–H and O–H groups in total. The molecule has 1 aliphatic rings. The summed E-state index contributed by atoms with van der Waals surface area (Å²) < 4.78 is 0. The second-order valence-corrected chi connectivity index (χ2v) is 5.38. The van der Waals surface area contributed by atoms with Gasteiger partial charge in [0.2, 0.25) is 5.91 Å². The van der Waals surface area contributed by atoms with E-state index in [2.05, 4.69) is 5.32 Å². The van der Waals surface area contributed by atoms with E-state index in [4.69, 9.17) is 5.73 Å². The zero-order valence-electron chi connectivity index (χ0n) is 11.9. The van der Waals surface area contributed by atoms with Gasteiger partial charge >= 0.3 is 0 Å². The summed E-state index contributed by atoms with van der Waals surface area (Å²) in [6, 6.07) is 6.84. The number of rotatable bonds is 3. The Morgan fingerprint density at radius 2 is 2.05 bits per heavy atom. The summed E-state index contributed by atoms with van der Waals surface area (Å²) in [7, 11) is 0. The molecule has 1 aromatic carbocycles. The van der Waals surface area contributed by atoms with Gasteiger partial charge < -0.3 is 16.0 Å². The summed E-state index contributed by atoms with van der Waals surface area (Å²) in [6.45, 7) is 5.41. The minimum atomic E-state index is -0.398. The van der Waals surface area contributed by atoms with Crippen LogP contribution in [0.5, 0.6) is 0 Å². The van der Waals surface area contributed by atoms with Crippen molar-refractivity contribution >= 4 is 11.8 Å². The van der Waals surface area contributed by atoms with E-state index >= 15 is 0 Å². The van der Waals surface area contributed by atoms with Crippen LogP contribution >= 0.6 is 0 Å². The number of carbonyl (C=O) groups is 2. The Hall–Kier alpha value is -1.88. The highest BCUT2D eigenvalue weighted by molar-refractivity contribution is 5.98. The van der Waals surface area contributed by atoms with Crippen LogP contribution in [0, 0.1) is 5.92 Å². The zero-order valence-corrected chi connectivity index (χ0v) is 11.9. The average molecular weight is 275 g/mol. The largest absolute Gasteiger partial charge is 0.353 e. The van der Waals surface area contributed by atoms with E-state index in [0.29, 0.717) is 25.2 Å². The highest BCUT2D eigenvalue weighted by atomic mass is 16.2. The number of nitrogens with two attached hydrogens (primary N) is 1. The van der Waals surface area contributed by atoms with Crippen molar-refractivity contribution in [2.24, 2.45) is 11.7 Å². The summed E-state index contributed by atoms with van der Waals surface area (Å²) in [4.78, 5) is 26.2. The Bertz CT molecular complexity index is 496. The molecule has 5 heteroatoms. The molecule has 0 aliphatic carbocycles. The Balaban J connectivity index is 2.23. The smallest absolute Gasteiger partial charge is 0.254 e. The molecule has 1 fully saturated rings. The highest BCUT2D eigenvalue weighted by Gasteiger charge is 2.35. The standard InChI is InChI=1S/C15H21N3O2/c1-10(2)13-14(19)17-7-8-18(13)15(20)12-5-3-11(9-16)4-6-12/h3-6,10,13H,7-9,16H2,1-2H3,(H,17,19)/t13-/m1/s1. The van der Waals surface area contributed by atoms with Gasteiger partial charge in [0.15, 0.2) is 0 Å². The average Bonchev–Trinajstić information content (AvgIpc) is 2.46. The Kier molecular flexibility index (Phi) is 4.39. The van der Waals surface area contributed by atoms with Gasteiger partial charge in [0.05, 0.1) is 0 Å². The Morgan fingerprint density at radius 1 is 1.40 bits per heavy atom. The van der Waals surface area contributed by atoms with Crippen LogP contribution < -0.4 is 11.1 Å². The second-order valence-electron chi connectivity index (χ2n) is 5.38. The number of hydrogen-bond donors (Lipinski definition) is 2. The van der Waals surface area contributed by atoms with Crippen molar-refractivity contribution in [1.29, 1.82) is 0 Å². The Morgan fingerprint density at radius 3 is 2.60 bits per heavy atom. The van der Waals surface area contributed by atoms with E-state index in [1.807, 2.05) is 26.0 Å². The van der Waals surface area contributed by atoms with E-state index in [1.54, 1.807) is 17.0 Å². The van der Waals surface area contributed by atoms with Crippen molar-refractivity contribution in [3.63, 3.8) is 0 Å². The first-order valence-electron chi connectivity index (χ1n) is 6.92. The van der Waals surface area contributed by atoms with Gasteiger partial charge in [-0.3, -0.25) is 9.59 Å². The number of nitrogens with zero attached hydrogens (tertiary/aromatic N) is 1. The lowest BCUT2D eigenvalue weighted by Crippen LogP contribution is -2.59. The van der Waals surface area contributed by atoms with E-state index in [9.17, 15) is 9.59 Å². The summed E-state index contributed by atoms with van der Waals surface area (Å²) in [5, 5.41) is 2.82. The third-order valence-electron chi connectivity index (χ3n) is 3.59. The number of nitrogens with one attached hydrogen (secondary N) is 1. The maximum atomic E-state index is 12.6. The number of piperazine rings is 1. The molecular formula is C15H21N3O2. The number of hydrogen-bond acceptors (Lipinski definition) is 3.